The van der Waals surface area contributed by atoms with Gasteiger partial charge < -0.3 is 14.6 Å². The van der Waals surface area contributed by atoms with Crippen molar-refractivity contribution in [3.63, 3.8) is 0 Å². The molecule has 0 aromatic heterocycles. The average Bonchev–Trinajstić information content (AvgIpc) is 3.09. The van der Waals surface area contributed by atoms with Crippen LogP contribution in [0.25, 0.3) is 0 Å². The van der Waals surface area contributed by atoms with Gasteiger partial charge in [0.1, 0.15) is 6.61 Å². The number of rotatable bonds is 39. The Kier molecular flexibility index (Phi) is 38.9. The Labute approximate surface area is 299 Å². The van der Waals surface area contributed by atoms with E-state index in [-0.39, 0.29) is 25.2 Å². The Bertz CT molecular complexity index is 691. The van der Waals surface area contributed by atoms with Gasteiger partial charge in [-0.1, -0.05) is 193 Å². The van der Waals surface area contributed by atoms with Gasteiger partial charge in [0.15, 0.2) is 6.10 Å². The van der Waals surface area contributed by atoms with E-state index in [0.717, 1.165) is 32.1 Å². The summed E-state index contributed by atoms with van der Waals surface area (Å²) in [5.74, 6) is -0.583. The van der Waals surface area contributed by atoms with Gasteiger partial charge in [0.05, 0.1) is 6.61 Å². The first-order chi connectivity index (χ1) is 23.6. The molecule has 0 radical (unpaired) electrons. The van der Waals surface area contributed by atoms with Crippen LogP contribution in [-0.4, -0.2) is 36.4 Å². The van der Waals surface area contributed by atoms with Gasteiger partial charge in [-0.25, -0.2) is 0 Å². The molecule has 284 valence electrons. The van der Waals surface area contributed by atoms with E-state index < -0.39 is 6.10 Å². The first-order valence-corrected chi connectivity index (χ1v) is 21.2. The molecule has 0 fully saturated rings. The molecule has 0 unspecified atom stereocenters. The predicted molar refractivity (Wildman–Crippen MR) is 205 cm³/mol. The molecule has 1 atom stereocenters. The number of unbranched alkanes of at least 4 members (excludes halogenated alkanes) is 29. The van der Waals surface area contributed by atoms with Crippen molar-refractivity contribution in [1.29, 1.82) is 0 Å². The van der Waals surface area contributed by atoms with E-state index in [1.807, 2.05) is 0 Å². The molecular weight excluding hydrogens is 596 g/mol. The third-order valence-electron chi connectivity index (χ3n) is 9.56. The summed E-state index contributed by atoms with van der Waals surface area (Å²) in [5, 5.41) is 9.56. The molecule has 1 N–H and O–H groups in total. The minimum absolute atomic E-state index is 0.0613. The van der Waals surface area contributed by atoms with Gasteiger partial charge in [0.25, 0.3) is 0 Å². The normalized spacial score (nSPS) is 12.1. The predicted octanol–water partition coefficient (Wildman–Crippen LogP) is 13.3. The SMILES string of the molecule is CCCCCC/C=C/CCCCCCCCCC(=O)O[C@@H](CO)COC(=O)CCCCCCCCCCCCCCCCCCCCC. The lowest BCUT2D eigenvalue weighted by Crippen LogP contribution is -2.28. The molecule has 5 heteroatoms. The highest BCUT2D eigenvalue weighted by atomic mass is 16.6. The van der Waals surface area contributed by atoms with E-state index in [1.165, 1.54) is 173 Å². The smallest absolute Gasteiger partial charge is 0.306 e. The molecule has 0 bridgehead atoms. The molecule has 0 saturated carbocycles. The Morgan fingerprint density at radius 1 is 0.458 bits per heavy atom. The summed E-state index contributed by atoms with van der Waals surface area (Å²) in [6.07, 6.45) is 45.6. The van der Waals surface area contributed by atoms with Gasteiger partial charge >= 0.3 is 11.9 Å². The number of esters is 2. The monoisotopic (exact) mass is 679 g/mol. The van der Waals surface area contributed by atoms with E-state index in [0.29, 0.717) is 12.8 Å². The number of ether oxygens (including phenoxy) is 2. The van der Waals surface area contributed by atoms with Gasteiger partial charge in [-0.05, 0) is 38.5 Å². The second kappa shape index (κ2) is 40.1. The topological polar surface area (TPSA) is 72.8 Å². The molecule has 0 aliphatic heterocycles. The number of carbonyl (C=O) groups is 2. The number of carbonyl (C=O) groups excluding carboxylic acids is 2. The third-order valence-corrected chi connectivity index (χ3v) is 9.56. The van der Waals surface area contributed by atoms with Crippen LogP contribution in [0.4, 0.5) is 0 Å². The molecule has 0 aliphatic carbocycles. The number of hydrogen-bond donors (Lipinski definition) is 1. The summed E-state index contributed by atoms with van der Waals surface area (Å²) in [6.45, 7) is 4.15. The second-order valence-corrected chi connectivity index (χ2v) is 14.4. The summed E-state index contributed by atoms with van der Waals surface area (Å²) in [4.78, 5) is 24.3. The minimum Gasteiger partial charge on any atom is -0.462 e. The van der Waals surface area contributed by atoms with Gasteiger partial charge in [0, 0.05) is 12.8 Å². The van der Waals surface area contributed by atoms with Crippen molar-refractivity contribution in [2.75, 3.05) is 13.2 Å². The van der Waals surface area contributed by atoms with E-state index >= 15 is 0 Å². The molecule has 0 aromatic carbocycles. The zero-order chi connectivity index (χ0) is 35.0. The van der Waals surface area contributed by atoms with Crippen molar-refractivity contribution in [1.82, 2.24) is 0 Å². The number of aliphatic hydroxyl groups is 1. The maximum absolute atomic E-state index is 12.2. The zero-order valence-corrected chi connectivity index (χ0v) is 32.3. The first-order valence-electron chi connectivity index (χ1n) is 21.2. The lowest BCUT2D eigenvalue weighted by Gasteiger charge is -2.15. The molecule has 0 heterocycles. The van der Waals surface area contributed by atoms with Crippen LogP contribution < -0.4 is 0 Å². The molecule has 0 aliphatic rings. The number of allylic oxidation sites excluding steroid dienone is 2. The number of aliphatic hydroxyl groups excluding tert-OH is 1. The van der Waals surface area contributed by atoms with E-state index in [4.69, 9.17) is 9.47 Å². The van der Waals surface area contributed by atoms with Gasteiger partial charge in [-0.15, -0.1) is 0 Å². The average molecular weight is 679 g/mol. The molecule has 5 nitrogen and oxygen atoms in total. The highest BCUT2D eigenvalue weighted by molar-refractivity contribution is 5.70. The fourth-order valence-corrected chi connectivity index (χ4v) is 6.31. The quantitative estimate of drug-likeness (QED) is 0.0398. The third kappa shape index (κ3) is 37.5. The molecule has 0 amide bonds. The zero-order valence-electron chi connectivity index (χ0n) is 32.3. The van der Waals surface area contributed by atoms with Crippen molar-refractivity contribution >= 4 is 11.9 Å². The Morgan fingerprint density at radius 2 is 0.771 bits per heavy atom. The van der Waals surface area contributed by atoms with E-state index in [1.54, 1.807) is 0 Å². The van der Waals surface area contributed by atoms with Crippen LogP contribution in [0.3, 0.4) is 0 Å². The maximum Gasteiger partial charge on any atom is 0.306 e. The van der Waals surface area contributed by atoms with Crippen LogP contribution in [-0.2, 0) is 19.1 Å². The fourth-order valence-electron chi connectivity index (χ4n) is 6.31. The highest BCUT2D eigenvalue weighted by Crippen LogP contribution is 2.16. The van der Waals surface area contributed by atoms with Crippen LogP contribution in [0.1, 0.15) is 232 Å². The van der Waals surface area contributed by atoms with Crippen LogP contribution >= 0.6 is 0 Å². The molecule has 0 spiro atoms. The van der Waals surface area contributed by atoms with Crippen LogP contribution in [0.15, 0.2) is 12.2 Å². The maximum atomic E-state index is 12.2. The summed E-state index contributed by atoms with van der Waals surface area (Å²) in [5.41, 5.74) is 0. The Hall–Kier alpha value is -1.36. The Balaban J connectivity index is 3.49. The Morgan fingerprint density at radius 3 is 1.15 bits per heavy atom. The van der Waals surface area contributed by atoms with Gasteiger partial charge in [0.2, 0.25) is 0 Å². The van der Waals surface area contributed by atoms with Crippen LogP contribution in [0, 0.1) is 0 Å². The van der Waals surface area contributed by atoms with Crippen molar-refractivity contribution in [3.8, 4) is 0 Å². The van der Waals surface area contributed by atoms with Crippen molar-refractivity contribution < 1.29 is 24.2 Å². The molecule has 0 saturated heterocycles. The van der Waals surface area contributed by atoms with Crippen LogP contribution in [0.5, 0.6) is 0 Å². The summed E-state index contributed by atoms with van der Waals surface area (Å²) in [7, 11) is 0. The van der Waals surface area contributed by atoms with Crippen molar-refractivity contribution in [2.24, 2.45) is 0 Å². The largest absolute Gasteiger partial charge is 0.462 e. The summed E-state index contributed by atoms with van der Waals surface area (Å²) in [6, 6.07) is 0. The van der Waals surface area contributed by atoms with Crippen LogP contribution in [0.2, 0.25) is 0 Å². The summed E-state index contributed by atoms with van der Waals surface area (Å²) >= 11 is 0. The standard InChI is InChI=1S/C43H82O5/c1-3-5-7-9-11-13-15-17-19-20-21-22-24-25-27-29-31-33-35-37-42(45)47-40-41(39-44)48-43(46)38-36-34-32-30-28-26-23-18-16-14-12-10-8-6-4-2/h14,16,41,44H,3-13,15,17-40H2,1-2H3/b16-14+/t41-/m0/s1. The minimum atomic E-state index is -0.767. The first kappa shape index (κ1) is 46.6. The van der Waals surface area contributed by atoms with Crippen molar-refractivity contribution in [3.05, 3.63) is 12.2 Å². The molecule has 48 heavy (non-hydrogen) atoms. The second-order valence-electron chi connectivity index (χ2n) is 14.4. The molecule has 0 rings (SSSR count). The highest BCUT2D eigenvalue weighted by Gasteiger charge is 2.16. The lowest BCUT2D eigenvalue weighted by molar-refractivity contribution is -0.161. The van der Waals surface area contributed by atoms with E-state index in [9.17, 15) is 14.7 Å². The molecule has 0 aromatic rings. The van der Waals surface area contributed by atoms with Gasteiger partial charge in [-0.2, -0.15) is 0 Å². The van der Waals surface area contributed by atoms with Gasteiger partial charge in [-0.3, -0.25) is 9.59 Å². The lowest BCUT2D eigenvalue weighted by atomic mass is 10.0. The van der Waals surface area contributed by atoms with Crippen molar-refractivity contribution in [2.45, 2.75) is 238 Å². The van der Waals surface area contributed by atoms with E-state index in [2.05, 4.69) is 26.0 Å². The summed E-state index contributed by atoms with van der Waals surface area (Å²) < 4.78 is 10.6. The fraction of sp³-hybridized carbons (Fsp3) is 0.907. The molecular formula is C43H82O5. The number of hydrogen-bond acceptors (Lipinski definition) is 5.